The van der Waals surface area contributed by atoms with Crippen molar-refractivity contribution in [2.45, 2.75) is 0 Å². The Labute approximate surface area is 120 Å². The van der Waals surface area contributed by atoms with Crippen molar-refractivity contribution >= 4 is 17.6 Å². The van der Waals surface area contributed by atoms with Gasteiger partial charge in [0.05, 0.1) is 5.57 Å². The summed E-state index contributed by atoms with van der Waals surface area (Å²) < 4.78 is 10.5. The van der Waals surface area contributed by atoms with Crippen molar-refractivity contribution in [3.05, 3.63) is 53.6 Å². The van der Waals surface area contributed by atoms with Gasteiger partial charge in [0.25, 0.3) is 0 Å². The normalized spacial score (nSPS) is 13.2. The van der Waals surface area contributed by atoms with Crippen molar-refractivity contribution in [2.75, 3.05) is 6.79 Å². The molecule has 2 N–H and O–H groups in total. The summed E-state index contributed by atoms with van der Waals surface area (Å²) in [6.45, 7) is 0.129. The standard InChI is InChI=1S/C16H12O5/c17-13-4-2-1-3-11(13)7-12(16(18)19)10-5-6-14-15(8-10)21-9-20-14/h1-8,17H,9H2,(H,18,19)/b12-7-. The largest absolute Gasteiger partial charge is 0.507 e. The van der Waals surface area contributed by atoms with Crippen molar-refractivity contribution in [2.24, 2.45) is 0 Å². The van der Waals surface area contributed by atoms with E-state index in [1.807, 2.05) is 0 Å². The van der Waals surface area contributed by atoms with E-state index in [9.17, 15) is 15.0 Å². The number of para-hydroxylation sites is 1. The predicted octanol–water partition coefficient (Wildman–Crippen LogP) is 2.75. The number of carboxylic acids is 1. The van der Waals surface area contributed by atoms with Gasteiger partial charge in [-0.3, -0.25) is 0 Å². The molecular weight excluding hydrogens is 272 g/mol. The van der Waals surface area contributed by atoms with E-state index < -0.39 is 5.97 Å². The molecule has 1 aliphatic heterocycles. The molecule has 0 atom stereocenters. The van der Waals surface area contributed by atoms with E-state index in [2.05, 4.69) is 0 Å². The molecule has 2 aromatic rings. The highest BCUT2D eigenvalue weighted by Crippen LogP contribution is 2.35. The van der Waals surface area contributed by atoms with Crippen LogP contribution in [-0.2, 0) is 4.79 Å². The Morgan fingerprint density at radius 2 is 1.86 bits per heavy atom. The average molecular weight is 284 g/mol. The smallest absolute Gasteiger partial charge is 0.336 e. The van der Waals surface area contributed by atoms with Gasteiger partial charge in [0, 0.05) is 5.56 Å². The van der Waals surface area contributed by atoms with Crippen LogP contribution in [0.5, 0.6) is 17.2 Å². The lowest BCUT2D eigenvalue weighted by Crippen LogP contribution is -1.99. The molecule has 0 saturated carbocycles. The minimum absolute atomic E-state index is 0.0250. The number of benzene rings is 2. The first kappa shape index (κ1) is 13.1. The number of phenolic OH excluding ortho intramolecular Hbond substituents is 1. The minimum atomic E-state index is -1.09. The molecule has 2 aromatic carbocycles. The highest BCUT2D eigenvalue weighted by molar-refractivity contribution is 6.20. The molecule has 0 amide bonds. The summed E-state index contributed by atoms with van der Waals surface area (Å²) in [5, 5.41) is 19.2. The Kier molecular flexibility index (Phi) is 3.23. The lowest BCUT2D eigenvalue weighted by atomic mass is 10.0. The van der Waals surface area contributed by atoms with Gasteiger partial charge in [0.2, 0.25) is 6.79 Å². The third-order valence-corrected chi connectivity index (χ3v) is 3.15. The van der Waals surface area contributed by atoms with E-state index in [-0.39, 0.29) is 18.1 Å². The van der Waals surface area contributed by atoms with Gasteiger partial charge in [-0.2, -0.15) is 0 Å². The molecule has 106 valence electrons. The molecule has 0 saturated heterocycles. The summed E-state index contributed by atoms with van der Waals surface area (Å²) in [7, 11) is 0. The van der Waals surface area contributed by atoms with Crippen LogP contribution in [0.15, 0.2) is 42.5 Å². The summed E-state index contributed by atoms with van der Waals surface area (Å²) >= 11 is 0. The Bertz CT molecular complexity index is 733. The van der Waals surface area contributed by atoms with Gasteiger partial charge < -0.3 is 19.7 Å². The Morgan fingerprint density at radius 3 is 2.62 bits per heavy atom. The maximum absolute atomic E-state index is 11.5. The molecule has 0 bridgehead atoms. The molecule has 0 unspecified atom stereocenters. The first-order chi connectivity index (χ1) is 10.1. The lowest BCUT2D eigenvalue weighted by Gasteiger charge is -2.06. The number of ether oxygens (including phenoxy) is 2. The first-order valence-corrected chi connectivity index (χ1v) is 6.28. The highest BCUT2D eigenvalue weighted by atomic mass is 16.7. The van der Waals surface area contributed by atoms with E-state index in [1.54, 1.807) is 36.4 Å². The molecule has 0 fully saturated rings. The molecule has 1 aliphatic rings. The van der Waals surface area contributed by atoms with Gasteiger partial charge in [-0.1, -0.05) is 24.3 Å². The molecule has 3 rings (SSSR count). The van der Waals surface area contributed by atoms with Gasteiger partial charge >= 0.3 is 5.97 Å². The molecule has 21 heavy (non-hydrogen) atoms. The number of hydrogen-bond acceptors (Lipinski definition) is 4. The van der Waals surface area contributed by atoms with E-state index in [1.165, 1.54) is 12.1 Å². The zero-order chi connectivity index (χ0) is 14.8. The zero-order valence-electron chi connectivity index (χ0n) is 10.9. The van der Waals surface area contributed by atoms with Gasteiger partial charge in [-0.15, -0.1) is 0 Å². The van der Waals surface area contributed by atoms with Crippen LogP contribution in [0.2, 0.25) is 0 Å². The summed E-state index contributed by atoms with van der Waals surface area (Å²) in [4.78, 5) is 11.5. The number of phenols is 1. The first-order valence-electron chi connectivity index (χ1n) is 6.28. The van der Waals surface area contributed by atoms with Crippen LogP contribution in [0, 0.1) is 0 Å². The van der Waals surface area contributed by atoms with Crippen LogP contribution in [0.3, 0.4) is 0 Å². The fourth-order valence-electron chi connectivity index (χ4n) is 2.10. The van der Waals surface area contributed by atoms with Gasteiger partial charge in [0.15, 0.2) is 11.5 Å². The molecule has 5 nitrogen and oxygen atoms in total. The summed E-state index contributed by atoms with van der Waals surface area (Å²) in [6.07, 6.45) is 1.43. The molecular formula is C16H12O5. The van der Waals surface area contributed by atoms with Crippen molar-refractivity contribution in [1.29, 1.82) is 0 Å². The van der Waals surface area contributed by atoms with Crippen LogP contribution in [-0.4, -0.2) is 23.0 Å². The number of aliphatic carboxylic acids is 1. The second kappa shape index (κ2) is 5.20. The molecule has 0 radical (unpaired) electrons. The molecule has 0 aromatic heterocycles. The Morgan fingerprint density at radius 1 is 1.10 bits per heavy atom. The van der Waals surface area contributed by atoms with Crippen LogP contribution < -0.4 is 9.47 Å². The van der Waals surface area contributed by atoms with E-state index in [0.29, 0.717) is 22.6 Å². The Hall–Kier alpha value is -2.95. The van der Waals surface area contributed by atoms with Crippen LogP contribution in [0.1, 0.15) is 11.1 Å². The fraction of sp³-hybridized carbons (Fsp3) is 0.0625. The minimum Gasteiger partial charge on any atom is -0.507 e. The highest BCUT2D eigenvalue weighted by Gasteiger charge is 2.18. The molecule has 5 heteroatoms. The van der Waals surface area contributed by atoms with Crippen LogP contribution in [0.4, 0.5) is 0 Å². The maximum Gasteiger partial charge on any atom is 0.336 e. The number of carbonyl (C=O) groups is 1. The summed E-state index contributed by atoms with van der Waals surface area (Å²) in [6, 6.07) is 11.5. The lowest BCUT2D eigenvalue weighted by molar-refractivity contribution is -0.130. The van der Waals surface area contributed by atoms with Gasteiger partial charge in [-0.25, -0.2) is 4.79 Å². The van der Waals surface area contributed by atoms with Crippen molar-refractivity contribution in [3.8, 4) is 17.2 Å². The second-order valence-electron chi connectivity index (χ2n) is 4.49. The predicted molar refractivity (Wildman–Crippen MR) is 76.2 cm³/mol. The average Bonchev–Trinajstić information content (AvgIpc) is 2.93. The van der Waals surface area contributed by atoms with Gasteiger partial charge in [0.1, 0.15) is 5.75 Å². The van der Waals surface area contributed by atoms with Crippen molar-refractivity contribution in [1.82, 2.24) is 0 Å². The maximum atomic E-state index is 11.5. The second-order valence-corrected chi connectivity index (χ2v) is 4.49. The number of rotatable bonds is 3. The summed E-state index contributed by atoms with van der Waals surface area (Å²) in [5.41, 5.74) is 0.984. The van der Waals surface area contributed by atoms with Crippen molar-refractivity contribution < 1.29 is 24.5 Å². The SMILES string of the molecule is O=C(O)/C(=C\c1ccccc1O)c1ccc2c(c1)OCO2. The molecule has 0 aliphatic carbocycles. The quantitative estimate of drug-likeness (QED) is 0.669. The van der Waals surface area contributed by atoms with Gasteiger partial charge in [-0.05, 0) is 29.8 Å². The topological polar surface area (TPSA) is 76.0 Å². The molecule has 0 spiro atoms. The number of aromatic hydroxyl groups is 1. The van der Waals surface area contributed by atoms with E-state index in [4.69, 9.17) is 9.47 Å². The van der Waals surface area contributed by atoms with Crippen LogP contribution in [0.25, 0.3) is 11.6 Å². The molecule has 1 heterocycles. The number of carboxylic acid groups (broad SMARTS) is 1. The van der Waals surface area contributed by atoms with Crippen molar-refractivity contribution in [3.63, 3.8) is 0 Å². The third-order valence-electron chi connectivity index (χ3n) is 3.15. The van der Waals surface area contributed by atoms with E-state index in [0.717, 1.165) is 0 Å². The fourth-order valence-corrected chi connectivity index (χ4v) is 2.10. The summed E-state index contributed by atoms with van der Waals surface area (Å²) in [5.74, 6) is 0.0390. The third kappa shape index (κ3) is 2.53. The zero-order valence-corrected chi connectivity index (χ0v) is 10.9. The van der Waals surface area contributed by atoms with Crippen LogP contribution >= 0.6 is 0 Å². The Balaban J connectivity index is 2.07. The number of fused-ring (bicyclic) bond motifs is 1. The van der Waals surface area contributed by atoms with E-state index >= 15 is 0 Å². The monoisotopic (exact) mass is 284 g/mol. The number of hydrogen-bond donors (Lipinski definition) is 2.